The highest BCUT2D eigenvalue weighted by molar-refractivity contribution is 9.10. The van der Waals surface area contributed by atoms with Crippen molar-refractivity contribution >= 4 is 21.9 Å². The molecule has 0 fully saturated rings. The number of carbonyl (C=O) groups is 1. The van der Waals surface area contributed by atoms with E-state index in [1.807, 2.05) is 42.5 Å². The fraction of sp³-hybridized carbons (Fsp3) is 0.240. The van der Waals surface area contributed by atoms with Crippen molar-refractivity contribution in [1.29, 1.82) is 0 Å². The Hall–Kier alpha value is -2.59. The smallest absolute Gasteiger partial charge is 0.343 e. The first-order valence-electron chi connectivity index (χ1n) is 9.62. The van der Waals surface area contributed by atoms with Crippen molar-refractivity contribution in [3.8, 4) is 11.5 Å². The van der Waals surface area contributed by atoms with Crippen LogP contribution in [0.15, 0.2) is 77.3 Å². The van der Waals surface area contributed by atoms with E-state index in [0.717, 1.165) is 10.9 Å². The Balaban J connectivity index is 1.59. The average Bonchev–Trinajstić information content (AvgIpc) is 2.69. The van der Waals surface area contributed by atoms with Gasteiger partial charge in [-0.15, -0.1) is 0 Å². The molecule has 3 nitrogen and oxygen atoms in total. The lowest BCUT2D eigenvalue weighted by Crippen LogP contribution is -2.12. The summed E-state index contributed by atoms with van der Waals surface area (Å²) in [5, 5.41) is 0. The Morgan fingerprint density at radius 3 is 2.24 bits per heavy atom. The highest BCUT2D eigenvalue weighted by atomic mass is 79.9. The van der Waals surface area contributed by atoms with Crippen molar-refractivity contribution in [2.45, 2.75) is 32.6 Å². The molecular formula is C25H25BrO3. The highest BCUT2D eigenvalue weighted by Gasteiger charge is 2.15. The van der Waals surface area contributed by atoms with E-state index in [4.69, 9.17) is 9.47 Å². The second kappa shape index (κ2) is 9.27. The van der Waals surface area contributed by atoms with E-state index < -0.39 is 5.97 Å². The topological polar surface area (TPSA) is 35.5 Å². The molecule has 0 aliphatic heterocycles. The molecule has 29 heavy (non-hydrogen) atoms. The van der Waals surface area contributed by atoms with Crippen LogP contribution in [0.2, 0.25) is 0 Å². The SMILES string of the molecule is CC(C)(C)c1ccc(OC(=O)c2ccc(OCCc3ccccc3)c(Br)c2)cc1. The second-order valence-electron chi connectivity index (χ2n) is 7.89. The molecule has 0 N–H and O–H groups in total. The Bertz CT molecular complexity index is 958. The number of hydrogen-bond donors (Lipinski definition) is 0. The number of hydrogen-bond acceptors (Lipinski definition) is 3. The molecule has 0 radical (unpaired) electrons. The third-order valence-corrected chi connectivity index (χ3v) is 5.21. The molecule has 4 heteroatoms. The molecule has 150 valence electrons. The van der Waals surface area contributed by atoms with Crippen LogP contribution in [0.25, 0.3) is 0 Å². The third-order valence-electron chi connectivity index (χ3n) is 4.59. The molecule has 0 atom stereocenters. The van der Waals surface area contributed by atoms with Crippen LogP contribution in [0.3, 0.4) is 0 Å². The van der Waals surface area contributed by atoms with Crippen LogP contribution in [-0.4, -0.2) is 12.6 Å². The Labute approximate surface area is 180 Å². The number of esters is 1. The van der Waals surface area contributed by atoms with E-state index in [9.17, 15) is 4.79 Å². The lowest BCUT2D eigenvalue weighted by molar-refractivity contribution is 0.0734. The van der Waals surface area contributed by atoms with Crippen LogP contribution < -0.4 is 9.47 Å². The minimum atomic E-state index is -0.398. The van der Waals surface area contributed by atoms with Gasteiger partial charge < -0.3 is 9.47 Å². The van der Waals surface area contributed by atoms with E-state index in [-0.39, 0.29) is 5.41 Å². The third kappa shape index (κ3) is 5.94. The van der Waals surface area contributed by atoms with Gasteiger partial charge in [-0.3, -0.25) is 0 Å². The average molecular weight is 453 g/mol. The number of benzene rings is 3. The maximum Gasteiger partial charge on any atom is 0.343 e. The van der Waals surface area contributed by atoms with Gasteiger partial charge in [0.25, 0.3) is 0 Å². The van der Waals surface area contributed by atoms with Crippen molar-refractivity contribution < 1.29 is 14.3 Å². The van der Waals surface area contributed by atoms with Crippen molar-refractivity contribution in [3.05, 3.63) is 94.0 Å². The number of carbonyl (C=O) groups excluding carboxylic acids is 1. The van der Waals surface area contributed by atoms with Gasteiger partial charge >= 0.3 is 5.97 Å². The fourth-order valence-corrected chi connectivity index (χ4v) is 3.35. The molecule has 0 saturated heterocycles. The van der Waals surface area contributed by atoms with E-state index >= 15 is 0 Å². The van der Waals surface area contributed by atoms with Crippen LogP contribution in [0.5, 0.6) is 11.5 Å². The molecule has 0 unspecified atom stereocenters. The zero-order valence-corrected chi connectivity index (χ0v) is 18.5. The van der Waals surface area contributed by atoms with Gasteiger partial charge in [0, 0.05) is 6.42 Å². The van der Waals surface area contributed by atoms with Crippen LogP contribution in [0.4, 0.5) is 0 Å². The first kappa shape index (κ1) is 21.1. The molecule has 0 saturated carbocycles. The summed E-state index contributed by atoms with van der Waals surface area (Å²) < 4.78 is 12.1. The molecule has 0 spiro atoms. The standard InChI is InChI=1S/C25H25BrO3/c1-25(2,3)20-10-12-21(13-11-20)29-24(27)19-9-14-23(22(26)17-19)28-16-15-18-7-5-4-6-8-18/h4-14,17H,15-16H2,1-3H3. The molecule has 0 amide bonds. The summed E-state index contributed by atoms with van der Waals surface area (Å²) >= 11 is 3.49. The van der Waals surface area contributed by atoms with Crippen LogP contribution in [0.1, 0.15) is 42.3 Å². The monoisotopic (exact) mass is 452 g/mol. The summed E-state index contributed by atoms with van der Waals surface area (Å²) in [5.41, 5.74) is 2.94. The van der Waals surface area contributed by atoms with Gasteiger partial charge in [-0.1, -0.05) is 63.2 Å². The Morgan fingerprint density at radius 2 is 1.62 bits per heavy atom. The summed E-state index contributed by atoms with van der Waals surface area (Å²) in [6.45, 7) is 7.01. The Kier molecular flexibility index (Phi) is 6.75. The van der Waals surface area contributed by atoms with Gasteiger partial charge in [-0.2, -0.15) is 0 Å². The first-order valence-corrected chi connectivity index (χ1v) is 10.4. The summed E-state index contributed by atoms with van der Waals surface area (Å²) in [5.74, 6) is 0.833. The van der Waals surface area contributed by atoms with Crippen molar-refractivity contribution in [3.63, 3.8) is 0 Å². The molecule has 3 aromatic rings. The quantitative estimate of drug-likeness (QED) is 0.312. The van der Waals surface area contributed by atoms with Gasteiger partial charge in [-0.25, -0.2) is 4.79 Å². The summed E-state index contributed by atoms with van der Waals surface area (Å²) in [6.07, 6.45) is 0.821. The van der Waals surface area contributed by atoms with Crippen molar-refractivity contribution in [2.75, 3.05) is 6.61 Å². The van der Waals surface area contributed by atoms with Gasteiger partial charge in [0.1, 0.15) is 11.5 Å². The van der Waals surface area contributed by atoms with Gasteiger partial charge in [0.05, 0.1) is 16.6 Å². The molecular weight excluding hydrogens is 428 g/mol. The van der Waals surface area contributed by atoms with Gasteiger partial charge in [0.2, 0.25) is 0 Å². The van der Waals surface area contributed by atoms with Crippen molar-refractivity contribution in [2.24, 2.45) is 0 Å². The maximum atomic E-state index is 12.5. The summed E-state index contributed by atoms with van der Waals surface area (Å²) in [6, 6.07) is 23.0. The van der Waals surface area contributed by atoms with Crippen LogP contribution >= 0.6 is 15.9 Å². The summed E-state index contributed by atoms with van der Waals surface area (Å²) in [4.78, 5) is 12.5. The van der Waals surface area contributed by atoms with E-state index in [1.165, 1.54) is 11.1 Å². The molecule has 0 aliphatic rings. The molecule has 3 aromatic carbocycles. The van der Waals surface area contributed by atoms with Crippen LogP contribution in [0, 0.1) is 0 Å². The molecule has 0 bridgehead atoms. The Morgan fingerprint density at radius 1 is 0.931 bits per heavy atom. The molecule has 0 aromatic heterocycles. The number of rotatable bonds is 6. The fourth-order valence-electron chi connectivity index (χ4n) is 2.86. The van der Waals surface area contributed by atoms with Crippen LogP contribution in [-0.2, 0) is 11.8 Å². The zero-order valence-electron chi connectivity index (χ0n) is 16.9. The van der Waals surface area contributed by atoms with Gasteiger partial charge in [0.15, 0.2) is 0 Å². The van der Waals surface area contributed by atoms with Gasteiger partial charge in [-0.05, 0) is 62.8 Å². The van der Waals surface area contributed by atoms with Crippen molar-refractivity contribution in [1.82, 2.24) is 0 Å². The molecule has 3 rings (SSSR count). The predicted molar refractivity (Wildman–Crippen MR) is 120 cm³/mol. The molecule has 0 heterocycles. The lowest BCUT2D eigenvalue weighted by Gasteiger charge is -2.19. The zero-order chi connectivity index (χ0) is 20.9. The maximum absolute atomic E-state index is 12.5. The molecule has 0 aliphatic carbocycles. The predicted octanol–water partition coefficient (Wildman–Crippen LogP) is 6.59. The normalized spacial score (nSPS) is 11.2. The lowest BCUT2D eigenvalue weighted by atomic mass is 9.87. The second-order valence-corrected chi connectivity index (χ2v) is 8.75. The number of halogens is 1. The highest BCUT2D eigenvalue weighted by Crippen LogP contribution is 2.28. The van der Waals surface area contributed by atoms with E-state index in [2.05, 4.69) is 48.8 Å². The van der Waals surface area contributed by atoms with E-state index in [1.54, 1.807) is 18.2 Å². The minimum Gasteiger partial charge on any atom is -0.492 e. The minimum absolute atomic E-state index is 0.0593. The number of ether oxygens (including phenoxy) is 2. The largest absolute Gasteiger partial charge is 0.492 e. The van der Waals surface area contributed by atoms with E-state index in [0.29, 0.717) is 23.7 Å². The first-order chi connectivity index (χ1) is 13.8. The summed E-state index contributed by atoms with van der Waals surface area (Å²) in [7, 11) is 0.